The summed E-state index contributed by atoms with van der Waals surface area (Å²) in [5, 5.41) is 93.2. The van der Waals surface area contributed by atoms with Crippen LogP contribution in [-0.4, -0.2) is 96.4 Å². The van der Waals surface area contributed by atoms with Crippen LogP contribution in [0.3, 0.4) is 0 Å². The number of ether oxygens (including phenoxy) is 4. The number of fused-ring (bicyclic) bond motifs is 14. The number of aromatic hydroxyl groups is 5. The van der Waals surface area contributed by atoms with Gasteiger partial charge >= 0.3 is 5.97 Å². The molecule has 7 aromatic carbocycles. The van der Waals surface area contributed by atoms with E-state index in [2.05, 4.69) is 31.9 Å². The second-order valence-electron chi connectivity index (χ2n) is 20.6. The summed E-state index contributed by atoms with van der Waals surface area (Å²) in [7, 11) is 1.24. The van der Waals surface area contributed by atoms with Crippen molar-refractivity contribution in [2.45, 2.75) is 61.6 Å². The molecule has 13 N–H and O–H groups in total. The highest BCUT2D eigenvalue weighted by atomic mass is 35.5. The third-order valence-electron chi connectivity index (χ3n) is 14.9. The Hall–Kier alpha value is -10.1. The number of carboxylic acids is 1. The number of aliphatic carboxylic acids is 1. The summed E-state index contributed by atoms with van der Waals surface area (Å²) >= 11 is 20.6. The predicted octanol–water partition coefficient (Wildman–Crippen LogP) is 7.04. The summed E-state index contributed by atoms with van der Waals surface area (Å²) in [6.07, 6.45) is -2.40. The topological polar surface area (TPSA) is 370 Å². The Morgan fingerprint density at radius 1 is 0.529 bits per heavy atom. The molecule has 7 aromatic rings. The van der Waals surface area contributed by atoms with E-state index in [0.717, 1.165) is 42.5 Å². The fraction of sp³-hybridized carbons (Fsp3) is 0.183. The first kappa shape index (κ1) is 58.6. The SMILES string of the molecule is COc1c2cc3cc1Oc1ccc(cc1Cl)[C@@H](O)[C@H]1NC(=O)C(NC(=O)[C@@H]3NC(=O)[C@H]3NC(=O)[C@@H](Cc4ccc(c(Cl)c4)O2)NC(=O)[C@H](C)c2ccc(O)c(c2)Oc2cc(O)cc3c2)c2cc(Cl)c(O)c(c2)-c2c(O)cc(O)cc2[C@@H](C(=O)O)NC1=O. The lowest BCUT2D eigenvalue weighted by molar-refractivity contribution is -0.143. The number of carbonyl (C=O) groups excluding carboxylic acids is 6. The van der Waals surface area contributed by atoms with Crippen molar-refractivity contribution >= 4 is 76.2 Å². The van der Waals surface area contributed by atoms with Gasteiger partial charge in [0.1, 0.15) is 76.6 Å². The minimum absolute atomic E-state index is 0.0447. The lowest BCUT2D eigenvalue weighted by Crippen LogP contribution is -2.55. The number of carbonyl (C=O) groups is 7. The number of rotatable bonds is 2. The molecule has 8 atom stereocenters. The van der Waals surface area contributed by atoms with Gasteiger partial charge < -0.3 is 86.6 Å². The smallest absolute Gasteiger partial charge is 0.330 e. The minimum atomic E-state index is -2.21. The van der Waals surface area contributed by atoms with E-state index < -0.39 is 134 Å². The van der Waals surface area contributed by atoms with Crippen LogP contribution in [0.4, 0.5) is 0 Å². The largest absolute Gasteiger partial charge is 0.508 e. The molecule has 0 fully saturated rings. The van der Waals surface area contributed by atoms with Crippen molar-refractivity contribution in [3.05, 3.63) is 163 Å². The molecule has 0 spiro atoms. The molecule has 6 aliphatic rings. The molecule has 0 aliphatic carbocycles. The van der Waals surface area contributed by atoms with Gasteiger partial charge in [0.15, 0.2) is 29.0 Å². The maximum atomic E-state index is 15.8. The predicted molar refractivity (Wildman–Crippen MR) is 306 cm³/mol. The van der Waals surface area contributed by atoms with Crippen molar-refractivity contribution < 1.29 is 88.3 Å². The van der Waals surface area contributed by atoms with Gasteiger partial charge in [0.05, 0.1) is 28.1 Å². The van der Waals surface area contributed by atoms with Crippen LogP contribution in [0.1, 0.15) is 82.1 Å². The van der Waals surface area contributed by atoms with E-state index in [0.29, 0.717) is 11.1 Å². The highest BCUT2D eigenvalue weighted by Crippen LogP contribution is 2.49. The summed E-state index contributed by atoms with van der Waals surface area (Å²) < 4.78 is 24.8. The van der Waals surface area contributed by atoms with E-state index in [1.54, 1.807) is 0 Å². The molecule has 0 radical (unpaired) electrons. The average molecular weight is 1250 g/mol. The summed E-state index contributed by atoms with van der Waals surface area (Å²) in [6.45, 7) is 1.53. The fourth-order valence-electron chi connectivity index (χ4n) is 10.6. The maximum absolute atomic E-state index is 15.8. The number of hydrogen-bond acceptors (Lipinski definition) is 17. The monoisotopic (exact) mass is 1240 g/mol. The van der Waals surface area contributed by atoms with Gasteiger partial charge in [-0.1, -0.05) is 53.0 Å². The van der Waals surface area contributed by atoms with Gasteiger partial charge in [0.25, 0.3) is 0 Å². The summed E-state index contributed by atoms with van der Waals surface area (Å²) in [5.74, 6) is -14.3. The van der Waals surface area contributed by atoms with Crippen molar-refractivity contribution in [1.29, 1.82) is 0 Å². The first-order chi connectivity index (χ1) is 41.4. The Kier molecular flexibility index (Phi) is 15.5. The fourth-order valence-corrected chi connectivity index (χ4v) is 11.3. The number of amides is 6. The maximum Gasteiger partial charge on any atom is 0.330 e. The van der Waals surface area contributed by atoms with Crippen molar-refractivity contribution in [3.63, 3.8) is 0 Å². The van der Waals surface area contributed by atoms with E-state index in [1.807, 2.05) is 0 Å². The van der Waals surface area contributed by atoms with Gasteiger partial charge in [0.2, 0.25) is 41.2 Å². The Labute approximate surface area is 506 Å². The summed E-state index contributed by atoms with van der Waals surface area (Å²) in [6, 6.07) is 9.65. The van der Waals surface area contributed by atoms with Crippen molar-refractivity contribution in [3.8, 4) is 80.1 Å². The third-order valence-corrected chi connectivity index (χ3v) is 15.8. The summed E-state index contributed by atoms with van der Waals surface area (Å²) in [5.41, 5.74) is -1.86. The zero-order valence-electron chi connectivity index (χ0n) is 45.0. The minimum Gasteiger partial charge on any atom is -0.508 e. The van der Waals surface area contributed by atoms with Crippen LogP contribution in [-0.2, 0) is 40.0 Å². The molecule has 0 saturated carbocycles. The molecule has 13 rings (SSSR count). The third kappa shape index (κ3) is 11.4. The average Bonchev–Trinajstić information content (AvgIpc) is 1.32. The second kappa shape index (κ2) is 23.0. The number of nitrogens with one attached hydrogen (secondary N) is 6. The van der Waals surface area contributed by atoms with E-state index in [4.69, 9.17) is 53.8 Å². The molecule has 87 heavy (non-hydrogen) atoms. The van der Waals surface area contributed by atoms with E-state index in [9.17, 15) is 54.9 Å². The molecule has 6 heterocycles. The van der Waals surface area contributed by atoms with Gasteiger partial charge in [-0.2, -0.15) is 0 Å². The van der Waals surface area contributed by atoms with Gasteiger partial charge in [-0.15, -0.1) is 0 Å². The Bertz CT molecular complexity index is 4110. The van der Waals surface area contributed by atoms with Crippen LogP contribution >= 0.6 is 34.8 Å². The Balaban J connectivity index is 1.16. The Morgan fingerprint density at radius 2 is 1.10 bits per heavy atom. The molecule has 1 unspecified atom stereocenters. The molecule has 446 valence electrons. The molecular formula is C60H47Cl3N6O18. The van der Waals surface area contributed by atoms with Gasteiger partial charge in [-0.3, -0.25) is 28.8 Å². The number of halogens is 3. The molecule has 27 heteroatoms. The lowest BCUT2D eigenvalue weighted by Gasteiger charge is -2.31. The quantitative estimate of drug-likeness (QED) is 0.0824. The number of aliphatic hydroxyl groups is 1. The Morgan fingerprint density at radius 3 is 1.75 bits per heavy atom. The normalized spacial score (nSPS) is 21.8. The van der Waals surface area contributed by atoms with Crippen molar-refractivity contribution in [2.24, 2.45) is 0 Å². The molecular weight excluding hydrogens is 1200 g/mol. The standard InChI is InChI=1S/C60H47Cl3N6O18/c1-22-24-4-6-38(72)42(16-24)85-31-12-26(11-29(70)19-31)46-56(78)67-48-28-17-43(86-40-7-3-23(9-34(40)61)10-37(55(77)65-46)64-54(22)76)53(84-2)44(18-28)87-41-8-5-25(14-35(41)62)51(74)50-59(81)68-49(60(82)83)32-20-30(71)21-39(73)45(32)33-13-27(15-36(63)52(33)75)47(58(80)69-50)66-57(48)79/h3-9,11-22,37,46-51,70-75H,10H2,1-2H3,(H,64,76)(H,65,77)(H,66,79)(H,67,78)(H,68,81)(H,69,80)(H,82,83)/t22-,37-,46+,47?,48-,49+,50-,51-/m1/s1. The van der Waals surface area contributed by atoms with E-state index in [1.165, 1.54) is 80.8 Å². The van der Waals surface area contributed by atoms with Crippen LogP contribution in [0.15, 0.2) is 109 Å². The van der Waals surface area contributed by atoms with Crippen LogP contribution in [0.2, 0.25) is 15.1 Å². The van der Waals surface area contributed by atoms with Gasteiger partial charge in [0, 0.05) is 35.2 Å². The highest BCUT2D eigenvalue weighted by Gasteiger charge is 2.42. The van der Waals surface area contributed by atoms with Gasteiger partial charge in [-0.05, 0) is 119 Å². The van der Waals surface area contributed by atoms with Gasteiger partial charge in [-0.25, -0.2) is 4.79 Å². The summed E-state index contributed by atoms with van der Waals surface area (Å²) in [4.78, 5) is 104. The zero-order chi connectivity index (χ0) is 62.0. The van der Waals surface area contributed by atoms with Crippen molar-refractivity contribution in [1.82, 2.24) is 31.9 Å². The first-order valence-corrected chi connectivity index (χ1v) is 27.4. The number of hydrogen-bond donors (Lipinski definition) is 13. The molecule has 17 bridgehead atoms. The number of carboxylic acid groups (broad SMARTS) is 1. The first-order valence-electron chi connectivity index (χ1n) is 26.3. The number of aliphatic hydroxyl groups excluding tert-OH is 1. The molecule has 6 aliphatic heterocycles. The zero-order valence-corrected chi connectivity index (χ0v) is 47.2. The van der Waals surface area contributed by atoms with Crippen LogP contribution in [0.25, 0.3) is 11.1 Å². The lowest BCUT2D eigenvalue weighted by atomic mass is 9.89. The van der Waals surface area contributed by atoms with Crippen LogP contribution in [0, 0.1) is 0 Å². The number of phenolic OH excluding ortho intramolecular Hbond substituents is 5. The number of benzene rings is 7. The molecule has 0 aromatic heterocycles. The van der Waals surface area contributed by atoms with Crippen LogP contribution in [0.5, 0.6) is 69.0 Å². The number of phenols is 5. The highest BCUT2D eigenvalue weighted by molar-refractivity contribution is 6.33. The second-order valence-corrected chi connectivity index (χ2v) is 21.9. The van der Waals surface area contributed by atoms with E-state index >= 15 is 14.4 Å². The number of methoxy groups -OCH3 is 1. The van der Waals surface area contributed by atoms with Crippen LogP contribution < -0.4 is 50.8 Å². The van der Waals surface area contributed by atoms with Crippen molar-refractivity contribution in [2.75, 3.05) is 7.11 Å². The molecule has 24 nitrogen and oxygen atoms in total. The van der Waals surface area contributed by atoms with E-state index in [-0.39, 0.29) is 84.7 Å². The molecule has 6 amide bonds. The molecule has 0 saturated heterocycles.